The Labute approximate surface area is 129 Å². The molecule has 2 heterocycles. The average Bonchev–Trinajstić information content (AvgIpc) is 2.90. The second-order valence-corrected chi connectivity index (χ2v) is 6.79. The Morgan fingerprint density at radius 2 is 2.05 bits per heavy atom. The van der Waals surface area contributed by atoms with Crippen LogP contribution in [-0.2, 0) is 12.0 Å². The van der Waals surface area contributed by atoms with E-state index in [-0.39, 0.29) is 5.41 Å². The van der Waals surface area contributed by atoms with Gasteiger partial charge in [0.1, 0.15) is 17.5 Å². The van der Waals surface area contributed by atoms with Crippen LogP contribution in [0.3, 0.4) is 0 Å². The quantitative estimate of drug-likeness (QED) is 0.667. The van der Waals surface area contributed by atoms with E-state index in [1.54, 1.807) is 11.3 Å². The molecule has 0 radical (unpaired) electrons. The number of hydrogen-bond acceptors (Lipinski definition) is 7. The van der Waals surface area contributed by atoms with Gasteiger partial charge in [0.15, 0.2) is 0 Å². The largest absolute Gasteiger partial charge is 0.353 e. The second-order valence-electron chi connectivity index (χ2n) is 6.07. The Kier molecular flexibility index (Phi) is 4.43. The van der Waals surface area contributed by atoms with Gasteiger partial charge in [0.2, 0.25) is 0 Å². The third-order valence-corrected chi connectivity index (χ3v) is 3.81. The van der Waals surface area contributed by atoms with Gasteiger partial charge < -0.3 is 10.3 Å². The molecule has 0 aliphatic heterocycles. The molecule has 0 spiro atoms. The summed E-state index contributed by atoms with van der Waals surface area (Å²) in [6.45, 7) is 8.93. The molecule has 0 bridgehead atoms. The van der Waals surface area contributed by atoms with Gasteiger partial charge in [0.25, 0.3) is 0 Å². The Hall–Kier alpha value is -1.73. The minimum Gasteiger partial charge on any atom is -0.353 e. The highest BCUT2D eigenvalue weighted by molar-refractivity contribution is 7.07. The third-order valence-electron chi connectivity index (χ3n) is 3.17. The molecule has 0 aromatic carbocycles. The van der Waals surface area contributed by atoms with E-state index in [2.05, 4.69) is 41.1 Å². The molecule has 114 valence electrons. The zero-order valence-electron chi connectivity index (χ0n) is 13.1. The summed E-state index contributed by atoms with van der Waals surface area (Å²) in [5.74, 6) is 7.90. The van der Waals surface area contributed by atoms with E-state index in [1.165, 1.54) is 0 Å². The molecular weight excluding hydrogens is 284 g/mol. The molecule has 21 heavy (non-hydrogen) atoms. The van der Waals surface area contributed by atoms with Gasteiger partial charge in [-0.25, -0.2) is 20.8 Å². The number of rotatable bonds is 4. The summed E-state index contributed by atoms with van der Waals surface area (Å²) in [4.78, 5) is 15.6. The van der Waals surface area contributed by atoms with E-state index in [1.807, 2.05) is 24.9 Å². The van der Waals surface area contributed by atoms with Gasteiger partial charge in [-0.15, -0.1) is 11.3 Å². The highest BCUT2D eigenvalue weighted by Crippen LogP contribution is 2.28. The number of nitrogens with one attached hydrogen (secondary N) is 1. The second kappa shape index (κ2) is 5.95. The Bertz CT molecular complexity index is 603. The lowest BCUT2D eigenvalue weighted by Gasteiger charge is -2.24. The summed E-state index contributed by atoms with van der Waals surface area (Å²) < 4.78 is 0. The van der Waals surface area contributed by atoms with Crippen LogP contribution >= 0.6 is 11.3 Å². The summed E-state index contributed by atoms with van der Waals surface area (Å²) in [5.41, 5.74) is 6.33. The zero-order valence-corrected chi connectivity index (χ0v) is 14.0. The molecule has 2 aromatic rings. The highest BCUT2D eigenvalue weighted by Gasteiger charge is 2.22. The summed E-state index contributed by atoms with van der Waals surface area (Å²) in [7, 11) is 2.00. The normalized spacial score (nSPS) is 11.5. The fourth-order valence-electron chi connectivity index (χ4n) is 1.99. The van der Waals surface area contributed by atoms with Crippen LogP contribution in [0.25, 0.3) is 0 Å². The summed E-state index contributed by atoms with van der Waals surface area (Å²) in [6, 6.07) is 0. The van der Waals surface area contributed by atoms with E-state index < -0.39 is 0 Å². The SMILES string of the molecule is Cc1c(NN)nc(C(C)(C)C)nc1N(C)Cc1cscn1. The van der Waals surface area contributed by atoms with Crippen LogP contribution in [0.15, 0.2) is 10.9 Å². The van der Waals surface area contributed by atoms with Crippen LogP contribution in [0.5, 0.6) is 0 Å². The van der Waals surface area contributed by atoms with Crippen LogP contribution in [0, 0.1) is 6.92 Å². The number of nitrogens with two attached hydrogens (primary N) is 1. The molecule has 7 heteroatoms. The predicted molar refractivity (Wildman–Crippen MR) is 87.5 cm³/mol. The van der Waals surface area contributed by atoms with Crippen LogP contribution in [0.4, 0.5) is 11.6 Å². The van der Waals surface area contributed by atoms with E-state index >= 15 is 0 Å². The molecule has 2 rings (SSSR count). The number of aromatic nitrogens is 3. The lowest BCUT2D eigenvalue weighted by Crippen LogP contribution is -2.25. The number of hydrazine groups is 1. The molecule has 2 aromatic heterocycles. The van der Waals surface area contributed by atoms with Crippen LogP contribution in [0.1, 0.15) is 37.9 Å². The van der Waals surface area contributed by atoms with E-state index in [0.717, 1.165) is 22.9 Å². The first kappa shape index (κ1) is 15.7. The van der Waals surface area contributed by atoms with Crippen LogP contribution in [0.2, 0.25) is 0 Å². The first-order valence-corrected chi connectivity index (χ1v) is 7.71. The van der Waals surface area contributed by atoms with Crippen molar-refractivity contribution < 1.29 is 0 Å². The molecule has 0 aliphatic carbocycles. The monoisotopic (exact) mass is 306 g/mol. The van der Waals surface area contributed by atoms with Crippen LogP contribution in [-0.4, -0.2) is 22.0 Å². The third kappa shape index (κ3) is 3.48. The van der Waals surface area contributed by atoms with Crippen LogP contribution < -0.4 is 16.2 Å². The molecule has 0 saturated carbocycles. The fraction of sp³-hybridized carbons (Fsp3) is 0.500. The van der Waals surface area contributed by atoms with E-state index in [0.29, 0.717) is 12.4 Å². The van der Waals surface area contributed by atoms with Crippen molar-refractivity contribution in [3.8, 4) is 0 Å². The molecule has 0 saturated heterocycles. The van der Waals surface area contributed by atoms with Crippen molar-refractivity contribution >= 4 is 23.0 Å². The molecule has 0 aliphatic rings. The van der Waals surface area contributed by atoms with Crippen molar-refractivity contribution in [3.63, 3.8) is 0 Å². The minimum absolute atomic E-state index is 0.143. The molecule has 6 nitrogen and oxygen atoms in total. The van der Waals surface area contributed by atoms with Gasteiger partial charge in [0.05, 0.1) is 17.7 Å². The fourth-order valence-corrected chi connectivity index (χ4v) is 2.54. The maximum absolute atomic E-state index is 5.60. The molecule has 3 N–H and O–H groups in total. The molecule has 0 unspecified atom stereocenters. The first-order valence-electron chi connectivity index (χ1n) is 6.77. The van der Waals surface area contributed by atoms with Crippen molar-refractivity contribution in [1.82, 2.24) is 15.0 Å². The number of hydrogen-bond donors (Lipinski definition) is 2. The lowest BCUT2D eigenvalue weighted by molar-refractivity contribution is 0.544. The zero-order chi connectivity index (χ0) is 15.6. The minimum atomic E-state index is -0.143. The number of anilines is 2. The molecule has 0 atom stereocenters. The molecular formula is C14H22N6S. The Balaban J connectivity index is 2.41. The van der Waals surface area contributed by atoms with E-state index in [9.17, 15) is 0 Å². The first-order chi connectivity index (χ1) is 9.82. The Morgan fingerprint density at radius 1 is 1.33 bits per heavy atom. The maximum Gasteiger partial charge on any atom is 0.148 e. The lowest BCUT2D eigenvalue weighted by atomic mass is 9.95. The van der Waals surface area contributed by atoms with Gasteiger partial charge in [0, 0.05) is 23.4 Å². The van der Waals surface area contributed by atoms with Gasteiger partial charge in [-0.3, -0.25) is 0 Å². The van der Waals surface area contributed by atoms with Gasteiger partial charge in [-0.2, -0.15) is 0 Å². The number of thiazole rings is 1. The van der Waals surface area contributed by atoms with Crippen molar-refractivity contribution in [2.45, 2.75) is 39.7 Å². The van der Waals surface area contributed by atoms with Crippen molar-refractivity contribution in [2.75, 3.05) is 17.4 Å². The van der Waals surface area contributed by atoms with E-state index in [4.69, 9.17) is 10.8 Å². The summed E-state index contributed by atoms with van der Waals surface area (Å²) in [6.07, 6.45) is 0. The molecule has 0 amide bonds. The average molecular weight is 306 g/mol. The summed E-state index contributed by atoms with van der Waals surface area (Å²) in [5, 5.41) is 2.04. The Morgan fingerprint density at radius 3 is 2.57 bits per heavy atom. The van der Waals surface area contributed by atoms with Gasteiger partial charge >= 0.3 is 0 Å². The topological polar surface area (TPSA) is 80.0 Å². The predicted octanol–water partition coefficient (Wildman–Crippen LogP) is 2.46. The number of nitrogens with zero attached hydrogens (tertiary/aromatic N) is 4. The van der Waals surface area contributed by atoms with Gasteiger partial charge in [-0.1, -0.05) is 20.8 Å². The number of nitrogen functional groups attached to an aromatic ring is 1. The van der Waals surface area contributed by atoms with Gasteiger partial charge in [-0.05, 0) is 6.92 Å². The summed E-state index contributed by atoms with van der Waals surface area (Å²) >= 11 is 1.59. The maximum atomic E-state index is 5.60. The van der Waals surface area contributed by atoms with Crippen molar-refractivity contribution in [2.24, 2.45) is 5.84 Å². The molecule has 0 fully saturated rings. The standard InChI is InChI=1S/C14H22N6S/c1-9-11(19-15)17-13(14(2,3)4)18-12(9)20(5)6-10-7-21-8-16-10/h7-8H,6,15H2,1-5H3,(H,17,18,19). The highest BCUT2D eigenvalue weighted by atomic mass is 32.1. The van der Waals surface area contributed by atoms with Crippen molar-refractivity contribution in [1.29, 1.82) is 0 Å². The smallest absolute Gasteiger partial charge is 0.148 e. The van der Waals surface area contributed by atoms with Crippen molar-refractivity contribution in [3.05, 3.63) is 28.0 Å².